The van der Waals surface area contributed by atoms with Crippen molar-refractivity contribution in [1.82, 2.24) is 0 Å². The molecule has 1 aliphatic carbocycles. The summed E-state index contributed by atoms with van der Waals surface area (Å²) < 4.78 is 0. The van der Waals surface area contributed by atoms with Crippen LogP contribution in [-0.2, 0) is 0 Å². The Hall–Kier alpha value is -4.00. The molecule has 0 aliphatic heterocycles. The summed E-state index contributed by atoms with van der Waals surface area (Å²) in [6, 6.07) is 26.3. The first-order valence-corrected chi connectivity index (χ1v) is 10.3. The van der Waals surface area contributed by atoms with E-state index in [0.717, 1.165) is 16.8 Å². The molecule has 0 unspecified atom stereocenters. The van der Waals surface area contributed by atoms with Crippen molar-refractivity contribution in [3.05, 3.63) is 95.5 Å². The number of hydrogen-bond acceptors (Lipinski definition) is 0. The van der Waals surface area contributed by atoms with Gasteiger partial charge in [0, 0.05) is 0 Å². The maximum Gasteiger partial charge on any atom is 0.303 e. The van der Waals surface area contributed by atoms with Gasteiger partial charge in [0.2, 0.25) is 0 Å². The number of benzene rings is 6. The molecule has 2 heteroatoms. The molecule has 0 saturated carbocycles. The Labute approximate surface area is 172 Å². The van der Waals surface area contributed by atoms with Crippen LogP contribution in [0.5, 0.6) is 0 Å². The molecule has 7 rings (SSSR count). The van der Waals surface area contributed by atoms with E-state index in [0.29, 0.717) is 6.42 Å². The highest BCUT2D eigenvalue weighted by Gasteiger charge is 2.25. The van der Waals surface area contributed by atoms with Crippen LogP contribution < -0.4 is 0 Å². The Morgan fingerprint density at radius 2 is 1.37 bits per heavy atom. The van der Waals surface area contributed by atoms with Gasteiger partial charge in [-0.05, 0) is 71.6 Å². The van der Waals surface area contributed by atoms with E-state index >= 15 is 0 Å². The molecule has 2 nitrogen and oxygen atoms in total. The largest absolute Gasteiger partial charge is 0.361 e. The van der Waals surface area contributed by atoms with Crippen molar-refractivity contribution in [2.75, 3.05) is 0 Å². The zero-order valence-electron chi connectivity index (χ0n) is 16.2. The highest BCUT2D eigenvalue weighted by atomic mass is 14.9. The molecule has 0 spiro atoms. The van der Waals surface area contributed by atoms with Crippen LogP contribution in [0, 0.1) is 0 Å². The quantitative estimate of drug-likeness (QED) is 0.114. The summed E-state index contributed by atoms with van der Waals surface area (Å²) in [5.74, 6) is 0. The van der Waals surface area contributed by atoms with Gasteiger partial charge in [0.15, 0.2) is 0 Å². The second-order valence-electron chi connectivity index (χ2n) is 8.14. The van der Waals surface area contributed by atoms with Gasteiger partial charge in [0.05, 0.1) is 12.0 Å². The zero-order chi connectivity index (χ0) is 19.8. The Morgan fingerprint density at radius 3 is 2.23 bits per heavy atom. The van der Waals surface area contributed by atoms with Gasteiger partial charge in [-0.1, -0.05) is 72.8 Å². The van der Waals surface area contributed by atoms with Crippen molar-refractivity contribution < 1.29 is 4.79 Å². The molecule has 1 aliphatic rings. The molecule has 0 aromatic heterocycles. The summed E-state index contributed by atoms with van der Waals surface area (Å²) in [4.78, 5) is 3.65. The van der Waals surface area contributed by atoms with Gasteiger partial charge in [0.1, 0.15) is 0 Å². The maximum atomic E-state index is 9.72. The van der Waals surface area contributed by atoms with Crippen molar-refractivity contribution >= 4 is 65.6 Å². The molecule has 0 heterocycles. The minimum atomic E-state index is 0.646. The predicted octanol–water partition coefficient (Wildman–Crippen LogP) is 7.33. The molecular weight excluding hydrogens is 364 g/mol. The first-order chi connectivity index (χ1) is 14.8. The molecule has 6 aromatic carbocycles. The smallest absolute Gasteiger partial charge is 0.303 e. The van der Waals surface area contributed by atoms with Gasteiger partial charge in [-0.25, -0.2) is 0 Å². The molecule has 6 aromatic rings. The lowest BCUT2D eigenvalue weighted by molar-refractivity contribution is -0.00604. The van der Waals surface area contributed by atoms with E-state index in [9.17, 15) is 5.53 Å². The van der Waals surface area contributed by atoms with Crippen molar-refractivity contribution in [3.8, 4) is 0 Å². The number of rotatable bonds is 0. The average molecular weight is 380 g/mol. The van der Waals surface area contributed by atoms with Crippen LogP contribution in [0.25, 0.3) is 65.5 Å². The zero-order valence-corrected chi connectivity index (χ0v) is 16.2. The summed E-state index contributed by atoms with van der Waals surface area (Å²) in [6.07, 6.45) is 4.94. The van der Waals surface area contributed by atoms with E-state index in [1.165, 1.54) is 53.9 Å². The van der Waals surface area contributed by atoms with Crippen molar-refractivity contribution in [2.45, 2.75) is 6.42 Å². The molecule has 0 saturated heterocycles. The van der Waals surface area contributed by atoms with E-state index in [-0.39, 0.29) is 0 Å². The number of fused-ring (bicyclic) bond motifs is 6. The Bertz CT molecular complexity index is 1760. The minimum Gasteiger partial charge on any atom is -0.361 e. The van der Waals surface area contributed by atoms with E-state index in [1.807, 2.05) is 0 Å². The number of hydrogen-bond donors (Lipinski definition) is 0. The second-order valence-corrected chi connectivity index (χ2v) is 8.14. The summed E-state index contributed by atoms with van der Waals surface area (Å²) in [7, 11) is 0. The Morgan fingerprint density at radius 1 is 0.633 bits per heavy atom. The lowest BCUT2D eigenvalue weighted by Gasteiger charge is -2.20. The fourth-order valence-electron chi connectivity index (χ4n) is 5.46. The van der Waals surface area contributed by atoms with Crippen LogP contribution >= 0.6 is 0 Å². The van der Waals surface area contributed by atoms with Gasteiger partial charge >= 0.3 is 5.71 Å². The Kier molecular flexibility index (Phi) is 2.93. The fraction of sp³-hybridized carbons (Fsp3) is 0.0357. The van der Waals surface area contributed by atoms with Gasteiger partial charge in [-0.3, -0.25) is 0 Å². The highest BCUT2D eigenvalue weighted by Crippen LogP contribution is 2.45. The van der Waals surface area contributed by atoms with Crippen molar-refractivity contribution in [3.63, 3.8) is 0 Å². The summed E-state index contributed by atoms with van der Waals surface area (Å²) >= 11 is 0. The number of nitrogens with zero attached hydrogens (tertiary/aromatic N) is 2. The molecular formula is C28H16N2. The van der Waals surface area contributed by atoms with E-state index in [4.69, 9.17) is 0 Å². The first kappa shape index (κ1) is 15.9. The standard InChI is InChI=1S/C28H16N2/c29-30-25-13-5-11-19-22(25)15-24-18-9-2-1-6-17(18)14-23-20-10-3-7-16-8-4-12-21(26(16)20)27(19)28(23)24/h1-12,14-15H,13H2. The van der Waals surface area contributed by atoms with Crippen LogP contribution in [0.15, 0.2) is 78.9 Å². The number of allylic oxidation sites excluding steroid dienone is 1. The van der Waals surface area contributed by atoms with E-state index < -0.39 is 0 Å². The van der Waals surface area contributed by atoms with Crippen molar-refractivity contribution in [1.29, 1.82) is 0 Å². The maximum absolute atomic E-state index is 9.72. The van der Waals surface area contributed by atoms with Crippen LogP contribution in [0.1, 0.15) is 17.5 Å². The molecule has 0 atom stereocenters. The fourth-order valence-corrected chi connectivity index (χ4v) is 5.46. The average Bonchev–Trinajstić information content (AvgIpc) is 2.81. The lowest BCUT2D eigenvalue weighted by Crippen LogP contribution is -2.08. The normalized spacial score (nSPS) is 13.7. The monoisotopic (exact) mass is 380 g/mol. The molecule has 0 fully saturated rings. The summed E-state index contributed by atoms with van der Waals surface area (Å²) in [5.41, 5.74) is 12.6. The van der Waals surface area contributed by atoms with Gasteiger partial charge in [-0.15, -0.1) is 0 Å². The third-order valence-corrected chi connectivity index (χ3v) is 6.68. The predicted molar refractivity (Wildman–Crippen MR) is 127 cm³/mol. The summed E-state index contributed by atoms with van der Waals surface area (Å²) in [5, 5.41) is 12.6. The van der Waals surface area contributed by atoms with E-state index in [1.54, 1.807) is 0 Å². The molecule has 30 heavy (non-hydrogen) atoms. The first-order valence-electron chi connectivity index (χ1n) is 10.3. The third-order valence-electron chi connectivity index (χ3n) is 6.68. The van der Waals surface area contributed by atoms with Gasteiger partial charge < -0.3 is 5.53 Å². The third kappa shape index (κ3) is 1.84. The van der Waals surface area contributed by atoms with Crippen LogP contribution in [0.2, 0.25) is 0 Å². The molecule has 0 N–H and O–H groups in total. The SMILES string of the molecule is [N-]=[N+]=C1CC=Cc2c1cc1c3ccccc3cc3c4cccc5cccc(c2c13)c54. The lowest BCUT2D eigenvalue weighted by atomic mass is 9.81. The minimum absolute atomic E-state index is 0.646. The summed E-state index contributed by atoms with van der Waals surface area (Å²) in [6.45, 7) is 0. The van der Waals surface area contributed by atoms with Crippen LogP contribution in [0.4, 0.5) is 0 Å². The van der Waals surface area contributed by atoms with Crippen LogP contribution in [0.3, 0.4) is 0 Å². The van der Waals surface area contributed by atoms with E-state index in [2.05, 4.69) is 89.7 Å². The molecule has 0 bridgehead atoms. The topological polar surface area (TPSA) is 36.4 Å². The van der Waals surface area contributed by atoms with Crippen molar-refractivity contribution in [2.24, 2.45) is 0 Å². The van der Waals surface area contributed by atoms with Gasteiger partial charge in [0.25, 0.3) is 0 Å². The molecule has 0 amide bonds. The molecule has 138 valence electrons. The molecule has 0 radical (unpaired) electrons. The highest BCUT2D eigenvalue weighted by molar-refractivity contribution is 6.38. The van der Waals surface area contributed by atoms with Crippen LogP contribution in [-0.4, -0.2) is 10.5 Å². The van der Waals surface area contributed by atoms with Gasteiger partial charge in [-0.2, -0.15) is 4.79 Å². The Balaban J connectivity index is 1.94. The second kappa shape index (κ2) is 5.54.